The van der Waals surface area contributed by atoms with Crippen molar-refractivity contribution in [3.63, 3.8) is 0 Å². The smallest absolute Gasteiger partial charge is 0.231 e. The van der Waals surface area contributed by atoms with E-state index in [0.717, 1.165) is 47.9 Å². The van der Waals surface area contributed by atoms with Crippen molar-refractivity contribution in [2.45, 2.75) is 30.9 Å². The molecule has 0 spiro atoms. The van der Waals surface area contributed by atoms with Crippen LogP contribution in [-0.2, 0) is 11.2 Å². The van der Waals surface area contributed by atoms with Crippen molar-refractivity contribution >= 4 is 0 Å². The first kappa shape index (κ1) is 18.6. The van der Waals surface area contributed by atoms with Crippen LogP contribution in [0.25, 0.3) is 0 Å². The van der Waals surface area contributed by atoms with Gasteiger partial charge in [-0.15, -0.1) is 0 Å². The van der Waals surface area contributed by atoms with Gasteiger partial charge in [-0.1, -0.05) is 6.07 Å². The molecule has 0 saturated heterocycles. The lowest BCUT2D eigenvalue weighted by Gasteiger charge is -2.41. The zero-order valence-corrected chi connectivity index (χ0v) is 17.4. The van der Waals surface area contributed by atoms with Crippen LogP contribution < -0.4 is 18.9 Å². The minimum atomic E-state index is -0.0460. The number of likely N-dealkylation sites (N-methyl/N-ethyl adjacent to an activating group) is 1. The van der Waals surface area contributed by atoms with Crippen molar-refractivity contribution in [1.29, 1.82) is 0 Å². The molecule has 1 aliphatic carbocycles. The second-order valence-electron chi connectivity index (χ2n) is 7.95. The zero-order chi connectivity index (χ0) is 20.1. The monoisotopic (exact) mass is 397 g/mol. The molecule has 0 saturated carbocycles. The maximum atomic E-state index is 5.97. The predicted octanol–water partition coefficient (Wildman–Crippen LogP) is 3.84. The van der Waals surface area contributed by atoms with Crippen molar-refractivity contribution in [2.24, 2.45) is 0 Å². The van der Waals surface area contributed by atoms with Gasteiger partial charge < -0.3 is 23.7 Å². The van der Waals surface area contributed by atoms with Gasteiger partial charge in [-0.2, -0.15) is 0 Å². The van der Waals surface area contributed by atoms with E-state index in [-0.39, 0.29) is 24.9 Å². The average molecular weight is 397 g/mol. The molecule has 2 aromatic carbocycles. The molecule has 6 heteroatoms. The summed E-state index contributed by atoms with van der Waals surface area (Å²) in [6, 6.07) is 8.76. The van der Waals surface area contributed by atoms with Gasteiger partial charge in [0.05, 0.1) is 20.3 Å². The van der Waals surface area contributed by atoms with E-state index in [4.69, 9.17) is 23.7 Å². The molecule has 2 heterocycles. The minimum absolute atomic E-state index is 0.0460. The number of hydrogen-bond donors (Lipinski definition) is 0. The first-order chi connectivity index (χ1) is 14.2. The molecule has 0 radical (unpaired) electrons. The van der Waals surface area contributed by atoms with E-state index < -0.39 is 0 Å². The summed E-state index contributed by atoms with van der Waals surface area (Å²) in [5, 5.41) is 0. The zero-order valence-electron chi connectivity index (χ0n) is 17.4. The molecule has 29 heavy (non-hydrogen) atoms. The topological polar surface area (TPSA) is 49.4 Å². The van der Waals surface area contributed by atoms with Gasteiger partial charge in [0, 0.05) is 31.2 Å². The van der Waals surface area contributed by atoms with Crippen LogP contribution in [0.4, 0.5) is 0 Å². The van der Waals surface area contributed by atoms with Crippen LogP contribution in [0.5, 0.6) is 23.0 Å². The van der Waals surface area contributed by atoms with E-state index in [1.165, 1.54) is 16.7 Å². The largest absolute Gasteiger partial charge is 0.493 e. The van der Waals surface area contributed by atoms with Gasteiger partial charge in [0.15, 0.2) is 23.0 Å². The summed E-state index contributed by atoms with van der Waals surface area (Å²) in [4.78, 5) is 2.45. The highest BCUT2D eigenvalue weighted by atomic mass is 16.7. The number of hydrogen-bond acceptors (Lipinski definition) is 6. The molecule has 154 valence electrons. The van der Waals surface area contributed by atoms with Crippen LogP contribution in [0, 0.1) is 0 Å². The third kappa shape index (κ3) is 2.77. The summed E-state index contributed by atoms with van der Waals surface area (Å²) >= 11 is 0. The van der Waals surface area contributed by atoms with Crippen molar-refractivity contribution < 1.29 is 23.7 Å². The van der Waals surface area contributed by atoms with Gasteiger partial charge >= 0.3 is 0 Å². The average Bonchev–Trinajstić information content (AvgIpc) is 3.19. The SMILES string of the molecule is COc1cc2c(cc1OC)[C@@H]1C[C@H](OC)c3c(ccc4c3OCO4)[C@H]1N(C)CC2. The maximum absolute atomic E-state index is 5.97. The summed E-state index contributed by atoms with van der Waals surface area (Å²) in [5.41, 5.74) is 5.05. The lowest BCUT2D eigenvalue weighted by atomic mass is 9.73. The summed E-state index contributed by atoms with van der Waals surface area (Å²) in [6.07, 6.45) is 1.80. The van der Waals surface area contributed by atoms with Gasteiger partial charge in [0.2, 0.25) is 6.79 Å². The van der Waals surface area contributed by atoms with E-state index in [2.05, 4.69) is 30.1 Å². The summed E-state index contributed by atoms with van der Waals surface area (Å²) in [7, 11) is 7.37. The van der Waals surface area contributed by atoms with E-state index in [9.17, 15) is 0 Å². The minimum Gasteiger partial charge on any atom is -0.493 e. The number of fused-ring (bicyclic) bond motifs is 7. The highest BCUT2D eigenvalue weighted by Gasteiger charge is 2.43. The fourth-order valence-corrected chi connectivity index (χ4v) is 5.28. The summed E-state index contributed by atoms with van der Waals surface area (Å²) < 4.78 is 28.7. The van der Waals surface area contributed by atoms with Crippen LogP contribution in [0.15, 0.2) is 24.3 Å². The van der Waals surface area contributed by atoms with Crippen molar-refractivity contribution in [1.82, 2.24) is 4.90 Å². The van der Waals surface area contributed by atoms with Crippen LogP contribution in [-0.4, -0.2) is 46.6 Å². The molecule has 0 fully saturated rings. The molecule has 0 unspecified atom stereocenters. The van der Waals surface area contributed by atoms with Crippen LogP contribution in [0.2, 0.25) is 0 Å². The number of methoxy groups -OCH3 is 3. The molecular formula is C23H27NO5. The Morgan fingerprint density at radius 2 is 1.79 bits per heavy atom. The normalized spacial score (nSPS) is 24.9. The lowest BCUT2D eigenvalue weighted by Crippen LogP contribution is -2.34. The highest BCUT2D eigenvalue weighted by Crippen LogP contribution is 2.56. The van der Waals surface area contributed by atoms with Gasteiger partial charge in [-0.25, -0.2) is 0 Å². The van der Waals surface area contributed by atoms with E-state index in [0.29, 0.717) is 0 Å². The van der Waals surface area contributed by atoms with Crippen LogP contribution >= 0.6 is 0 Å². The highest BCUT2D eigenvalue weighted by molar-refractivity contribution is 5.58. The molecule has 3 aliphatic rings. The fourth-order valence-electron chi connectivity index (χ4n) is 5.28. The molecule has 0 aromatic heterocycles. The Hall–Kier alpha value is -2.44. The van der Waals surface area contributed by atoms with Gasteiger partial charge in [-0.3, -0.25) is 4.90 Å². The Bertz CT molecular complexity index is 943. The molecule has 0 N–H and O–H groups in total. The molecule has 0 bridgehead atoms. The van der Waals surface area contributed by atoms with Crippen molar-refractivity contribution in [2.75, 3.05) is 41.7 Å². The third-order valence-electron chi connectivity index (χ3n) is 6.64. The molecule has 3 atom stereocenters. The van der Waals surface area contributed by atoms with Crippen LogP contribution in [0.1, 0.15) is 46.7 Å². The van der Waals surface area contributed by atoms with Crippen molar-refractivity contribution in [3.8, 4) is 23.0 Å². The van der Waals surface area contributed by atoms with E-state index in [1.54, 1.807) is 21.3 Å². The Labute approximate surface area is 171 Å². The second-order valence-corrected chi connectivity index (χ2v) is 7.95. The van der Waals surface area contributed by atoms with E-state index >= 15 is 0 Å². The van der Waals surface area contributed by atoms with Gasteiger partial charge in [-0.05, 0) is 54.8 Å². The second kappa shape index (κ2) is 7.11. The third-order valence-corrected chi connectivity index (χ3v) is 6.64. The van der Waals surface area contributed by atoms with Crippen molar-refractivity contribution in [3.05, 3.63) is 46.5 Å². The molecule has 2 aromatic rings. The van der Waals surface area contributed by atoms with Gasteiger partial charge in [0.1, 0.15) is 0 Å². The summed E-state index contributed by atoms with van der Waals surface area (Å²) in [6.45, 7) is 1.24. The number of ether oxygens (including phenoxy) is 5. The van der Waals surface area contributed by atoms with Crippen LogP contribution in [0.3, 0.4) is 0 Å². The number of nitrogens with zero attached hydrogens (tertiary/aromatic N) is 1. The quantitative estimate of drug-likeness (QED) is 0.785. The first-order valence-electron chi connectivity index (χ1n) is 10.1. The Morgan fingerprint density at radius 3 is 2.55 bits per heavy atom. The molecule has 0 amide bonds. The van der Waals surface area contributed by atoms with Gasteiger partial charge in [0.25, 0.3) is 0 Å². The molecular weight excluding hydrogens is 370 g/mol. The Balaban J connectivity index is 1.69. The number of rotatable bonds is 3. The lowest BCUT2D eigenvalue weighted by molar-refractivity contribution is 0.0579. The first-order valence-corrected chi connectivity index (χ1v) is 10.1. The summed E-state index contributed by atoms with van der Waals surface area (Å²) in [5.74, 6) is 3.51. The predicted molar refractivity (Wildman–Crippen MR) is 108 cm³/mol. The maximum Gasteiger partial charge on any atom is 0.231 e. The standard InChI is InChI=1S/C23H27NO5/c1-24-8-7-13-9-18(25-2)19(26-3)10-15(13)16-11-20(27-4)21-14(22(16)24)5-6-17-23(21)29-12-28-17/h5-6,9-10,16,20,22H,7-8,11-12H2,1-4H3/t16-,20-,22+/m0/s1. The van der Waals surface area contributed by atoms with E-state index in [1.807, 2.05) is 6.07 Å². The fraction of sp³-hybridized carbons (Fsp3) is 0.478. The Kier molecular flexibility index (Phi) is 4.56. The molecule has 5 rings (SSSR count). The number of benzene rings is 2. The molecule has 2 aliphatic heterocycles. The Morgan fingerprint density at radius 1 is 1.00 bits per heavy atom. The molecule has 6 nitrogen and oxygen atoms in total.